The Morgan fingerprint density at radius 1 is 1.30 bits per heavy atom. The van der Waals surface area contributed by atoms with Crippen molar-refractivity contribution in [3.8, 4) is 0 Å². The molecule has 4 N–H and O–H groups in total. The van der Waals surface area contributed by atoms with Gasteiger partial charge in [-0.25, -0.2) is 8.42 Å². The van der Waals surface area contributed by atoms with Crippen LogP contribution in [0.3, 0.4) is 0 Å². The van der Waals surface area contributed by atoms with E-state index in [2.05, 4.69) is 4.72 Å². The lowest BCUT2D eigenvalue weighted by Gasteiger charge is -2.19. The van der Waals surface area contributed by atoms with Gasteiger partial charge in [0.05, 0.1) is 11.0 Å². The van der Waals surface area contributed by atoms with E-state index < -0.39 is 28.1 Å². The van der Waals surface area contributed by atoms with Gasteiger partial charge in [0.2, 0.25) is 15.9 Å². The van der Waals surface area contributed by atoms with Crippen LogP contribution in [0.2, 0.25) is 0 Å². The Balaban J connectivity index is 3.10. The molecule has 0 aliphatic heterocycles. The van der Waals surface area contributed by atoms with Crippen LogP contribution in [-0.4, -0.2) is 25.5 Å². The van der Waals surface area contributed by atoms with Crippen LogP contribution in [-0.2, 0) is 14.8 Å². The number of aliphatic hydroxyl groups excluding tert-OH is 1. The number of nitrogens with one attached hydrogen (secondary N) is 1. The Hall–Kier alpha value is -1.44. The molecule has 1 aromatic rings. The van der Waals surface area contributed by atoms with Crippen LogP contribution in [0, 0.1) is 5.92 Å². The quantitative estimate of drug-likeness (QED) is 0.711. The number of rotatable bonds is 6. The van der Waals surface area contributed by atoms with Crippen molar-refractivity contribution in [2.24, 2.45) is 11.7 Å². The topological polar surface area (TPSA) is 109 Å². The van der Waals surface area contributed by atoms with Crippen LogP contribution in [0.25, 0.3) is 0 Å². The Bertz CT molecular complexity index is 582. The average molecular weight is 300 g/mol. The summed E-state index contributed by atoms with van der Waals surface area (Å²) in [6.07, 6.45) is -0.776. The third kappa shape index (κ3) is 4.03. The molecule has 0 aromatic heterocycles. The van der Waals surface area contributed by atoms with Crippen LogP contribution >= 0.6 is 0 Å². The predicted octanol–water partition coefficient (Wildman–Crippen LogP) is 0.528. The molecule has 0 aliphatic rings. The summed E-state index contributed by atoms with van der Waals surface area (Å²) in [4.78, 5) is 11.3. The lowest BCUT2D eigenvalue weighted by Crippen LogP contribution is -2.47. The first-order valence-electron chi connectivity index (χ1n) is 6.25. The SMILES string of the molecule is CC(O)c1cccc(S(=O)(=O)NC(C(N)=O)C(C)C)c1. The molecule has 0 spiro atoms. The molecule has 7 heteroatoms. The average Bonchev–Trinajstić information content (AvgIpc) is 2.35. The zero-order chi connectivity index (χ0) is 15.5. The fourth-order valence-electron chi connectivity index (χ4n) is 1.70. The molecule has 6 nitrogen and oxygen atoms in total. The minimum atomic E-state index is -3.87. The molecule has 0 bridgehead atoms. The monoisotopic (exact) mass is 300 g/mol. The molecule has 0 fully saturated rings. The molecule has 0 radical (unpaired) electrons. The van der Waals surface area contributed by atoms with E-state index in [9.17, 15) is 18.3 Å². The zero-order valence-corrected chi connectivity index (χ0v) is 12.5. The standard InChI is InChI=1S/C13H20N2O4S/c1-8(2)12(13(14)17)15-20(18,19)11-6-4-5-10(7-11)9(3)16/h4-9,12,15-16H,1-3H3,(H2,14,17). The molecule has 1 rings (SSSR count). The Morgan fingerprint density at radius 3 is 2.35 bits per heavy atom. The molecule has 2 unspecified atom stereocenters. The van der Waals surface area contributed by atoms with Gasteiger partial charge in [-0.1, -0.05) is 26.0 Å². The smallest absolute Gasteiger partial charge is 0.241 e. The predicted molar refractivity (Wildman–Crippen MR) is 75.2 cm³/mol. The van der Waals surface area contributed by atoms with E-state index in [0.29, 0.717) is 5.56 Å². The summed E-state index contributed by atoms with van der Waals surface area (Å²) >= 11 is 0. The van der Waals surface area contributed by atoms with Gasteiger partial charge in [0, 0.05) is 0 Å². The second-order valence-electron chi connectivity index (χ2n) is 4.99. The molecule has 0 heterocycles. The van der Waals surface area contributed by atoms with Gasteiger partial charge in [0.25, 0.3) is 0 Å². The molecule has 0 saturated carbocycles. The zero-order valence-electron chi connectivity index (χ0n) is 11.7. The van der Waals surface area contributed by atoms with Crippen LogP contribution in [0.4, 0.5) is 0 Å². The van der Waals surface area contributed by atoms with E-state index in [-0.39, 0.29) is 10.8 Å². The fourth-order valence-corrected chi connectivity index (χ4v) is 3.11. The van der Waals surface area contributed by atoms with Crippen molar-refractivity contribution in [2.75, 3.05) is 0 Å². The second kappa shape index (κ2) is 6.34. The van der Waals surface area contributed by atoms with Gasteiger partial charge in [-0.2, -0.15) is 4.72 Å². The molecular formula is C13H20N2O4S. The summed E-state index contributed by atoms with van der Waals surface area (Å²) < 4.78 is 26.7. The molecule has 1 aromatic carbocycles. The maximum atomic E-state index is 12.2. The molecule has 2 atom stereocenters. The van der Waals surface area contributed by atoms with Gasteiger partial charge in [0.15, 0.2) is 0 Å². The van der Waals surface area contributed by atoms with Gasteiger partial charge in [-0.05, 0) is 30.5 Å². The summed E-state index contributed by atoms with van der Waals surface area (Å²) in [6, 6.07) is 4.94. The highest BCUT2D eigenvalue weighted by atomic mass is 32.2. The highest BCUT2D eigenvalue weighted by Crippen LogP contribution is 2.18. The van der Waals surface area contributed by atoms with Gasteiger partial charge in [-0.3, -0.25) is 4.79 Å². The highest BCUT2D eigenvalue weighted by Gasteiger charge is 2.26. The van der Waals surface area contributed by atoms with Crippen LogP contribution in [0.5, 0.6) is 0 Å². The largest absolute Gasteiger partial charge is 0.389 e. The van der Waals surface area contributed by atoms with E-state index in [0.717, 1.165) is 0 Å². The summed E-state index contributed by atoms with van der Waals surface area (Å²) in [5.41, 5.74) is 5.67. The first kappa shape index (κ1) is 16.6. The van der Waals surface area contributed by atoms with Crippen LogP contribution < -0.4 is 10.5 Å². The number of amides is 1. The number of benzene rings is 1. The lowest BCUT2D eigenvalue weighted by molar-refractivity contribution is -0.120. The van der Waals surface area contributed by atoms with E-state index in [4.69, 9.17) is 5.73 Å². The Morgan fingerprint density at radius 2 is 1.90 bits per heavy atom. The normalized spacial score (nSPS) is 15.1. The summed E-state index contributed by atoms with van der Waals surface area (Å²) in [7, 11) is -3.87. The van der Waals surface area contributed by atoms with Crippen molar-refractivity contribution < 1.29 is 18.3 Å². The van der Waals surface area contributed by atoms with Crippen molar-refractivity contribution in [3.05, 3.63) is 29.8 Å². The third-order valence-corrected chi connectivity index (χ3v) is 4.34. The van der Waals surface area contributed by atoms with Crippen molar-refractivity contribution in [3.63, 3.8) is 0 Å². The maximum Gasteiger partial charge on any atom is 0.241 e. The molecule has 112 valence electrons. The Kier molecular flexibility index (Phi) is 5.27. The van der Waals surface area contributed by atoms with Crippen LogP contribution in [0.15, 0.2) is 29.2 Å². The Labute approximate surface area is 119 Å². The van der Waals surface area contributed by atoms with Gasteiger partial charge in [-0.15, -0.1) is 0 Å². The van der Waals surface area contributed by atoms with Crippen molar-refractivity contribution >= 4 is 15.9 Å². The maximum absolute atomic E-state index is 12.2. The number of hydrogen-bond acceptors (Lipinski definition) is 4. The number of hydrogen-bond donors (Lipinski definition) is 3. The van der Waals surface area contributed by atoms with E-state index in [1.165, 1.54) is 18.2 Å². The third-order valence-electron chi connectivity index (χ3n) is 2.91. The number of carbonyl (C=O) groups is 1. The molecule has 0 saturated heterocycles. The molecule has 1 amide bonds. The molecular weight excluding hydrogens is 280 g/mol. The van der Waals surface area contributed by atoms with Crippen molar-refractivity contribution in [1.82, 2.24) is 4.72 Å². The minimum Gasteiger partial charge on any atom is -0.389 e. The lowest BCUT2D eigenvalue weighted by atomic mass is 10.1. The van der Waals surface area contributed by atoms with E-state index in [1.54, 1.807) is 26.8 Å². The van der Waals surface area contributed by atoms with Crippen LogP contribution in [0.1, 0.15) is 32.4 Å². The molecule has 20 heavy (non-hydrogen) atoms. The molecule has 0 aliphatic carbocycles. The summed E-state index contributed by atoms with van der Waals surface area (Å²) in [5, 5.41) is 9.48. The van der Waals surface area contributed by atoms with Gasteiger partial charge < -0.3 is 10.8 Å². The number of primary amides is 1. The highest BCUT2D eigenvalue weighted by molar-refractivity contribution is 7.89. The fraction of sp³-hybridized carbons (Fsp3) is 0.462. The van der Waals surface area contributed by atoms with E-state index in [1.807, 2.05) is 0 Å². The number of aliphatic hydroxyl groups is 1. The first-order chi connectivity index (χ1) is 9.15. The summed E-state index contributed by atoms with van der Waals surface area (Å²) in [6.45, 7) is 4.94. The second-order valence-corrected chi connectivity index (χ2v) is 6.71. The van der Waals surface area contributed by atoms with Gasteiger partial charge in [0.1, 0.15) is 6.04 Å². The first-order valence-corrected chi connectivity index (χ1v) is 7.73. The number of carbonyl (C=O) groups excluding carboxylic acids is 1. The van der Waals surface area contributed by atoms with Gasteiger partial charge >= 0.3 is 0 Å². The van der Waals surface area contributed by atoms with Crippen molar-refractivity contribution in [1.29, 1.82) is 0 Å². The van der Waals surface area contributed by atoms with Crippen molar-refractivity contribution in [2.45, 2.75) is 37.8 Å². The minimum absolute atomic E-state index is 0.0113. The summed E-state index contributed by atoms with van der Waals surface area (Å²) in [5.74, 6) is -0.988. The number of nitrogens with two attached hydrogens (primary N) is 1. The van der Waals surface area contributed by atoms with E-state index >= 15 is 0 Å². The number of sulfonamides is 1.